The highest BCUT2D eigenvalue weighted by Crippen LogP contribution is 2.27. The summed E-state index contributed by atoms with van der Waals surface area (Å²) in [5, 5.41) is 3.94. The Bertz CT molecular complexity index is 767. The van der Waals surface area contributed by atoms with Crippen molar-refractivity contribution in [2.45, 2.75) is 20.3 Å². The molecule has 2 aromatic carbocycles. The van der Waals surface area contributed by atoms with E-state index in [-0.39, 0.29) is 12.5 Å². The fourth-order valence-corrected chi connectivity index (χ4v) is 3.23. The van der Waals surface area contributed by atoms with Crippen LogP contribution in [0, 0.1) is 0 Å². The standard InChI is InChI=1S/C21H25N3O2/c1-3-23(4-2)19-11-9-17(10-12-19)15-22-26-16-21(25)24-14-13-18-7-5-6-8-20(18)24/h5-12,15H,3-4,13-14,16H2,1-2H3. The number of amides is 1. The molecule has 0 atom stereocenters. The van der Waals surface area contributed by atoms with E-state index in [2.05, 4.69) is 42.1 Å². The fraction of sp³-hybridized carbons (Fsp3) is 0.333. The molecule has 0 saturated heterocycles. The molecular formula is C21H25N3O2. The lowest BCUT2D eigenvalue weighted by molar-refractivity contribution is -0.122. The van der Waals surface area contributed by atoms with Gasteiger partial charge in [0.1, 0.15) is 0 Å². The number of rotatable bonds is 7. The molecule has 0 aromatic heterocycles. The molecule has 1 heterocycles. The molecule has 1 amide bonds. The van der Waals surface area contributed by atoms with E-state index >= 15 is 0 Å². The molecule has 0 radical (unpaired) electrons. The molecule has 1 aliphatic heterocycles. The molecule has 0 spiro atoms. The van der Waals surface area contributed by atoms with Gasteiger partial charge in [0.2, 0.25) is 0 Å². The third kappa shape index (κ3) is 4.04. The van der Waals surface area contributed by atoms with Crippen molar-refractivity contribution in [2.24, 2.45) is 5.16 Å². The highest BCUT2D eigenvalue weighted by Gasteiger charge is 2.24. The zero-order valence-electron chi connectivity index (χ0n) is 15.4. The number of hydrogen-bond donors (Lipinski definition) is 0. The summed E-state index contributed by atoms with van der Waals surface area (Å²) < 4.78 is 0. The summed E-state index contributed by atoms with van der Waals surface area (Å²) in [6.07, 6.45) is 2.53. The SMILES string of the molecule is CCN(CC)c1ccc(C=NOCC(=O)N2CCc3ccccc32)cc1. The highest BCUT2D eigenvalue weighted by molar-refractivity contribution is 5.96. The number of carbonyl (C=O) groups excluding carboxylic acids is 1. The van der Waals surface area contributed by atoms with E-state index in [0.717, 1.165) is 30.8 Å². The molecule has 2 aromatic rings. The van der Waals surface area contributed by atoms with Crippen molar-refractivity contribution in [3.05, 3.63) is 59.7 Å². The lowest BCUT2D eigenvalue weighted by Crippen LogP contribution is -2.31. The number of anilines is 2. The van der Waals surface area contributed by atoms with Gasteiger partial charge < -0.3 is 14.6 Å². The number of fused-ring (bicyclic) bond motifs is 1. The van der Waals surface area contributed by atoms with Crippen molar-refractivity contribution < 1.29 is 9.63 Å². The first kappa shape index (κ1) is 18.0. The number of nitrogens with zero attached hydrogens (tertiary/aromatic N) is 3. The van der Waals surface area contributed by atoms with Crippen molar-refractivity contribution in [3.8, 4) is 0 Å². The molecule has 5 heteroatoms. The van der Waals surface area contributed by atoms with E-state index in [0.29, 0.717) is 6.54 Å². The van der Waals surface area contributed by atoms with Crippen LogP contribution >= 0.6 is 0 Å². The van der Waals surface area contributed by atoms with E-state index in [4.69, 9.17) is 4.84 Å². The van der Waals surface area contributed by atoms with Gasteiger partial charge in [0, 0.05) is 31.0 Å². The van der Waals surface area contributed by atoms with Gasteiger partial charge in [-0.15, -0.1) is 0 Å². The molecule has 1 aliphatic rings. The maximum atomic E-state index is 12.3. The van der Waals surface area contributed by atoms with Crippen LogP contribution in [0.4, 0.5) is 11.4 Å². The maximum Gasteiger partial charge on any atom is 0.267 e. The molecule has 26 heavy (non-hydrogen) atoms. The van der Waals surface area contributed by atoms with Crippen molar-refractivity contribution in [1.82, 2.24) is 0 Å². The van der Waals surface area contributed by atoms with Crippen LogP contribution in [0.1, 0.15) is 25.0 Å². The molecule has 0 saturated carbocycles. The van der Waals surface area contributed by atoms with Crippen LogP contribution in [0.5, 0.6) is 0 Å². The summed E-state index contributed by atoms with van der Waals surface area (Å²) in [4.78, 5) is 21.6. The summed E-state index contributed by atoms with van der Waals surface area (Å²) >= 11 is 0. The van der Waals surface area contributed by atoms with Crippen molar-refractivity contribution >= 4 is 23.5 Å². The molecule has 136 valence electrons. The smallest absolute Gasteiger partial charge is 0.267 e. The Morgan fingerprint density at radius 2 is 1.88 bits per heavy atom. The van der Waals surface area contributed by atoms with Gasteiger partial charge in [0.15, 0.2) is 6.61 Å². The number of para-hydroxylation sites is 1. The Morgan fingerprint density at radius 3 is 2.62 bits per heavy atom. The lowest BCUT2D eigenvalue weighted by atomic mass is 10.2. The second-order valence-electron chi connectivity index (χ2n) is 6.20. The molecule has 0 bridgehead atoms. The van der Waals surface area contributed by atoms with Crippen LogP contribution < -0.4 is 9.80 Å². The molecule has 0 aliphatic carbocycles. The molecular weight excluding hydrogens is 326 g/mol. The zero-order chi connectivity index (χ0) is 18.4. The molecule has 0 fully saturated rings. The Balaban J connectivity index is 1.51. The van der Waals surface area contributed by atoms with E-state index in [1.165, 1.54) is 11.3 Å². The van der Waals surface area contributed by atoms with Crippen molar-refractivity contribution in [1.29, 1.82) is 0 Å². The molecule has 3 rings (SSSR count). The molecule has 0 N–H and O–H groups in total. The van der Waals surface area contributed by atoms with E-state index < -0.39 is 0 Å². The molecule has 0 unspecified atom stereocenters. The Kier molecular flexibility index (Phi) is 5.89. The van der Waals surface area contributed by atoms with Gasteiger partial charge in [-0.2, -0.15) is 0 Å². The first-order valence-electron chi connectivity index (χ1n) is 9.11. The number of oxime groups is 1. The number of carbonyl (C=O) groups is 1. The summed E-state index contributed by atoms with van der Waals surface area (Å²) in [6, 6.07) is 16.1. The highest BCUT2D eigenvalue weighted by atomic mass is 16.6. The maximum absolute atomic E-state index is 12.3. The average molecular weight is 351 g/mol. The van der Waals surface area contributed by atoms with E-state index in [1.807, 2.05) is 30.3 Å². The Labute approximate surface area is 154 Å². The van der Waals surface area contributed by atoms with Crippen LogP contribution in [-0.4, -0.2) is 38.4 Å². The lowest BCUT2D eigenvalue weighted by Gasteiger charge is -2.20. The summed E-state index contributed by atoms with van der Waals surface area (Å²) in [5.41, 5.74) is 4.32. The van der Waals surface area contributed by atoms with Gasteiger partial charge in [-0.05, 0) is 49.6 Å². The quantitative estimate of drug-likeness (QED) is 0.567. The largest absolute Gasteiger partial charge is 0.386 e. The van der Waals surface area contributed by atoms with Crippen molar-refractivity contribution in [3.63, 3.8) is 0 Å². The topological polar surface area (TPSA) is 45.1 Å². The molecule has 5 nitrogen and oxygen atoms in total. The second-order valence-corrected chi connectivity index (χ2v) is 6.20. The normalized spacial score (nSPS) is 13.1. The average Bonchev–Trinajstić information content (AvgIpc) is 3.11. The number of hydrogen-bond acceptors (Lipinski definition) is 4. The summed E-state index contributed by atoms with van der Waals surface area (Å²) in [6.45, 7) is 6.90. The van der Waals surface area contributed by atoms with Crippen LogP contribution in [0.15, 0.2) is 53.7 Å². The van der Waals surface area contributed by atoms with Crippen LogP contribution in [0.2, 0.25) is 0 Å². The van der Waals surface area contributed by atoms with Gasteiger partial charge in [0.25, 0.3) is 5.91 Å². The summed E-state index contributed by atoms with van der Waals surface area (Å²) in [5.74, 6) is -0.0658. The second kappa shape index (κ2) is 8.52. The number of benzene rings is 2. The predicted molar refractivity (Wildman–Crippen MR) is 106 cm³/mol. The minimum atomic E-state index is -0.0658. The van der Waals surface area contributed by atoms with Gasteiger partial charge >= 0.3 is 0 Å². The third-order valence-corrected chi connectivity index (χ3v) is 4.67. The minimum Gasteiger partial charge on any atom is -0.386 e. The third-order valence-electron chi connectivity index (χ3n) is 4.67. The van der Waals surface area contributed by atoms with Gasteiger partial charge in [0.05, 0.1) is 6.21 Å². The van der Waals surface area contributed by atoms with Crippen molar-refractivity contribution in [2.75, 3.05) is 36.0 Å². The van der Waals surface area contributed by atoms with E-state index in [9.17, 15) is 4.79 Å². The zero-order valence-corrected chi connectivity index (χ0v) is 15.4. The van der Waals surface area contributed by atoms with Crippen LogP contribution in [-0.2, 0) is 16.1 Å². The first-order valence-corrected chi connectivity index (χ1v) is 9.11. The summed E-state index contributed by atoms with van der Waals surface area (Å²) in [7, 11) is 0. The van der Waals surface area contributed by atoms with Crippen LogP contribution in [0.3, 0.4) is 0 Å². The Hall–Kier alpha value is -2.82. The fourth-order valence-electron chi connectivity index (χ4n) is 3.23. The van der Waals surface area contributed by atoms with Gasteiger partial charge in [-0.3, -0.25) is 4.79 Å². The Morgan fingerprint density at radius 1 is 1.15 bits per heavy atom. The monoisotopic (exact) mass is 351 g/mol. The predicted octanol–water partition coefficient (Wildman–Crippen LogP) is 3.47. The van der Waals surface area contributed by atoms with Crippen LogP contribution in [0.25, 0.3) is 0 Å². The van der Waals surface area contributed by atoms with E-state index in [1.54, 1.807) is 11.1 Å². The van der Waals surface area contributed by atoms with Gasteiger partial charge in [-0.25, -0.2) is 0 Å². The minimum absolute atomic E-state index is 0.0532. The first-order chi connectivity index (χ1) is 12.7. The van der Waals surface area contributed by atoms with Gasteiger partial charge in [-0.1, -0.05) is 35.5 Å².